The lowest BCUT2D eigenvalue weighted by Gasteiger charge is -2.07. The molecule has 2 N–H and O–H groups in total. The molecule has 0 aliphatic rings. The van der Waals surface area contributed by atoms with E-state index >= 15 is 0 Å². The Morgan fingerprint density at radius 2 is 1.68 bits per heavy atom. The molecule has 2 amide bonds. The number of esters is 1. The van der Waals surface area contributed by atoms with Crippen molar-refractivity contribution in [1.29, 1.82) is 0 Å². The second-order valence-electron chi connectivity index (χ2n) is 8.05. The van der Waals surface area contributed by atoms with Crippen LogP contribution in [0.4, 0.5) is 0 Å². The first-order valence-electron chi connectivity index (χ1n) is 11.8. The number of hydrazone groups is 1. The van der Waals surface area contributed by atoms with Gasteiger partial charge in [-0.1, -0.05) is 36.7 Å². The van der Waals surface area contributed by atoms with E-state index in [-0.39, 0.29) is 6.54 Å². The monoisotopic (exact) mass is 549 g/mol. The maximum atomic E-state index is 12.4. The highest BCUT2D eigenvalue weighted by Crippen LogP contribution is 2.34. The molecule has 3 aromatic carbocycles. The molecular formula is C28H24ClN3O5S. The van der Waals surface area contributed by atoms with Crippen molar-refractivity contribution >= 4 is 57.0 Å². The maximum Gasteiger partial charge on any atom is 0.343 e. The third kappa shape index (κ3) is 6.96. The first-order valence-corrected chi connectivity index (χ1v) is 13.0. The zero-order valence-electron chi connectivity index (χ0n) is 20.4. The van der Waals surface area contributed by atoms with Gasteiger partial charge in [-0.05, 0) is 66.6 Å². The van der Waals surface area contributed by atoms with Crippen LogP contribution in [0.1, 0.15) is 38.9 Å². The Labute approximate surface area is 228 Å². The molecule has 0 saturated carbocycles. The van der Waals surface area contributed by atoms with Gasteiger partial charge in [-0.15, -0.1) is 11.3 Å². The summed E-state index contributed by atoms with van der Waals surface area (Å²) in [7, 11) is 0. The number of amides is 2. The van der Waals surface area contributed by atoms with Gasteiger partial charge >= 0.3 is 5.97 Å². The molecule has 0 unspecified atom stereocenters. The molecule has 1 aromatic heterocycles. The molecule has 0 spiro atoms. The van der Waals surface area contributed by atoms with Crippen molar-refractivity contribution in [2.45, 2.75) is 13.3 Å². The van der Waals surface area contributed by atoms with Gasteiger partial charge in [0.2, 0.25) is 0 Å². The van der Waals surface area contributed by atoms with Gasteiger partial charge in [0.25, 0.3) is 11.8 Å². The van der Waals surface area contributed by atoms with Crippen molar-refractivity contribution in [2.75, 3.05) is 13.2 Å². The fourth-order valence-corrected chi connectivity index (χ4v) is 4.75. The summed E-state index contributed by atoms with van der Waals surface area (Å²) in [4.78, 5) is 37.2. The van der Waals surface area contributed by atoms with Crippen LogP contribution in [0, 0.1) is 0 Å². The minimum atomic E-state index is -0.497. The molecule has 0 aliphatic heterocycles. The van der Waals surface area contributed by atoms with E-state index in [0.717, 1.165) is 16.5 Å². The molecule has 0 atom stereocenters. The molecular weight excluding hydrogens is 526 g/mol. The average molecular weight is 550 g/mol. The Morgan fingerprint density at radius 3 is 2.39 bits per heavy atom. The molecule has 1 heterocycles. The normalized spacial score (nSPS) is 10.9. The molecule has 38 heavy (non-hydrogen) atoms. The van der Waals surface area contributed by atoms with Crippen LogP contribution in [0.5, 0.6) is 11.5 Å². The minimum Gasteiger partial charge on any atom is -0.494 e. The fraction of sp³-hybridized carbons (Fsp3) is 0.143. The number of nitrogens with zero attached hydrogens (tertiary/aromatic N) is 1. The predicted molar refractivity (Wildman–Crippen MR) is 149 cm³/mol. The lowest BCUT2D eigenvalue weighted by molar-refractivity contribution is -0.120. The van der Waals surface area contributed by atoms with E-state index in [1.165, 1.54) is 17.6 Å². The largest absolute Gasteiger partial charge is 0.494 e. The molecule has 0 radical (unpaired) electrons. The van der Waals surface area contributed by atoms with Crippen LogP contribution in [-0.2, 0) is 4.79 Å². The summed E-state index contributed by atoms with van der Waals surface area (Å²) >= 11 is 7.57. The van der Waals surface area contributed by atoms with Gasteiger partial charge in [-0.3, -0.25) is 9.59 Å². The highest BCUT2D eigenvalue weighted by molar-refractivity contribution is 7.21. The van der Waals surface area contributed by atoms with Crippen molar-refractivity contribution in [3.8, 4) is 11.5 Å². The van der Waals surface area contributed by atoms with Crippen molar-refractivity contribution in [1.82, 2.24) is 10.7 Å². The number of rotatable bonds is 10. The average Bonchev–Trinajstić information content (AvgIpc) is 3.28. The minimum absolute atomic E-state index is 0.263. The number of benzene rings is 3. The highest BCUT2D eigenvalue weighted by atomic mass is 35.5. The van der Waals surface area contributed by atoms with Gasteiger partial charge in [0, 0.05) is 10.1 Å². The number of nitrogens with one attached hydrogen (secondary N) is 2. The molecule has 4 aromatic rings. The lowest BCUT2D eigenvalue weighted by atomic mass is 10.2. The number of carbonyl (C=O) groups excluding carboxylic acids is 3. The summed E-state index contributed by atoms with van der Waals surface area (Å²) < 4.78 is 11.8. The van der Waals surface area contributed by atoms with Crippen LogP contribution in [0.25, 0.3) is 10.1 Å². The number of ether oxygens (including phenoxy) is 2. The topological polar surface area (TPSA) is 106 Å². The van der Waals surface area contributed by atoms with Crippen molar-refractivity contribution in [2.24, 2.45) is 5.10 Å². The van der Waals surface area contributed by atoms with Gasteiger partial charge in [0.05, 0.1) is 30.0 Å². The van der Waals surface area contributed by atoms with Crippen molar-refractivity contribution in [3.63, 3.8) is 0 Å². The molecule has 10 heteroatoms. The molecule has 0 aliphatic carbocycles. The molecule has 8 nitrogen and oxygen atoms in total. The van der Waals surface area contributed by atoms with Gasteiger partial charge in [0.1, 0.15) is 16.4 Å². The van der Waals surface area contributed by atoms with E-state index in [9.17, 15) is 14.4 Å². The number of halogens is 1. The summed E-state index contributed by atoms with van der Waals surface area (Å²) in [6.07, 6.45) is 2.34. The Balaban J connectivity index is 1.23. The summed E-state index contributed by atoms with van der Waals surface area (Å²) in [6, 6.07) is 20.8. The van der Waals surface area contributed by atoms with Gasteiger partial charge in [-0.2, -0.15) is 5.10 Å². The Hall–Kier alpha value is -4.21. The third-order valence-corrected chi connectivity index (χ3v) is 6.88. The maximum absolute atomic E-state index is 12.4. The second kappa shape index (κ2) is 12.8. The summed E-state index contributed by atoms with van der Waals surface area (Å²) in [6.45, 7) is 2.37. The summed E-state index contributed by atoms with van der Waals surface area (Å²) in [5.41, 5.74) is 3.43. The molecule has 0 saturated heterocycles. The first-order chi connectivity index (χ1) is 18.4. The van der Waals surface area contributed by atoms with E-state index in [4.69, 9.17) is 21.1 Å². The summed E-state index contributed by atoms with van der Waals surface area (Å²) in [5.74, 6) is -0.350. The van der Waals surface area contributed by atoms with Gasteiger partial charge in [-0.25, -0.2) is 10.2 Å². The van der Waals surface area contributed by atoms with Gasteiger partial charge < -0.3 is 14.8 Å². The molecule has 4 rings (SSSR count). The van der Waals surface area contributed by atoms with Crippen LogP contribution in [0.3, 0.4) is 0 Å². The third-order valence-electron chi connectivity index (χ3n) is 5.21. The Kier molecular flexibility index (Phi) is 9.07. The SMILES string of the molecule is CCCOc1ccc(C(=O)Oc2ccc(/C=N/NC(=O)CNC(=O)c3sc4ccccc4c3Cl)cc2)cc1. The van der Waals surface area contributed by atoms with Crippen LogP contribution < -0.4 is 20.2 Å². The number of carbonyl (C=O) groups is 3. The fourth-order valence-electron chi connectivity index (χ4n) is 3.31. The standard InChI is InChI=1S/C28H24ClN3O5S/c1-2-15-36-20-13-9-19(10-14-20)28(35)37-21-11-7-18(8-12-21)16-31-32-24(33)17-30-27(34)26-25(29)22-5-3-4-6-23(22)38-26/h3-14,16H,2,15,17H2,1H3,(H,30,34)(H,32,33)/b31-16+. The van der Waals surface area contributed by atoms with Gasteiger partial charge in [0.15, 0.2) is 0 Å². The Morgan fingerprint density at radius 1 is 0.974 bits per heavy atom. The number of fused-ring (bicyclic) bond motifs is 1. The second-order valence-corrected chi connectivity index (χ2v) is 9.48. The van der Waals surface area contributed by atoms with E-state index < -0.39 is 17.8 Å². The number of hydrogen-bond donors (Lipinski definition) is 2. The Bertz CT molecular complexity index is 1470. The van der Waals surface area contributed by atoms with Crippen molar-refractivity contribution in [3.05, 3.63) is 93.8 Å². The number of hydrogen-bond acceptors (Lipinski definition) is 7. The highest BCUT2D eigenvalue weighted by Gasteiger charge is 2.17. The van der Waals surface area contributed by atoms with Crippen LogP contribution >= 0.6 is 22.9 Å². The van der Waals surface area contributed by atoms with E-state index in [1.54, 1.807) is 48.5 Å². The predicted octanol–water partition coefficient (Wildman–Crippen LogP) is 5.44. The molecule has 0 fully saturated rings. The van der Waals surface area contributed by atoms with Crippen molar-refractivity contribution < 1.29 is 23.9 Å². The molecule has 0 bridgehead atoms. The quantitative estimate of drug-likeness (QED) is 0.118. The van der Waals surface area contributed by atoms with Crippen LogP contribution in [0.15, 0.2) is 77.9 Å². The smallest absolute Gasteiger partial charge is 0.343 e. The van der Waals surface area contributed by atoms with E-state index in [1.807, 2.05) is 31.2 Å². The zero-order valence-corrected chi connectivity index (χ0v) is 22.0. The molecule has 194 valence electrons. The van der Waals surface area contributed by atoms with Crippen LogP contribution in [-0.4, -0.2) is 37.1 Å². The zero-order chi connectivity index (χ0) is 26.9. The van der Waals surface area contributed by atoms with E-state index in [2.05, 4.69) is 15.8 Å². The van der Waals surface area contributed by atoms with E-state index in [0.29, 0.717) is 39.1 Å². The number of thiophene rings is 1. The summed E-state index contributed by atoms with van der Waals surface area (Å²) in [5, 5.41) is 7.60. The first kappa shape index (κ1) is 26.8. The van der Waals surface area contributed by atoms with Crippen LogP contribution in [0.2, 0.25) is 5.02 Å². The lowest BCUT2D eigenvalue weighted by Crippen LogP contribution is -2.34.